The van der Waals surface area contributed by atoms with Gasteiger partial charge in [-0.1, -0.05) is 121 Å². The van der Waals surface area contributed by atoms with Gasteiger partial charge >= 0.3 is 0 Å². The normalized spacial score (nSPS) is 27.1. The van der Waals surface area contributed by atoms with Crippen LogP contribution in [0.25, 0.3) is 0 Å². The molecule has 0 unspecified atom stereocenters. The van der Waals surface area contributed by atoms with Crippen molar-refractivity contribution >= 4 is 37.4 Å². The Morgan fingerprint density at radius 3 is 0.913 bits per heavy atom. The van der Waals surface area contributed by atoms with E-state index in [9.17, 15) is 0 Å². The number of hydrogen-bond donors (Lipinski definition) is 0. The minimum atomic E-state index is -2.16. The summed E-state index contributed by atoms with van der Waals surface area (Å²) in [7, 11) is -4.31. The van der Waals surface area contributed by atoms with Gasteiger partial charge in [-0.2, -0.15) is 0 Å². The maximum atomic E-state index is 6.86. The molecule has 2 spiro atoms. The van der Waals surface area contributed by atoms with Crippen LogP contribution in [0.15, 0.2) is 121 Å². The van der Waals surface area contributed by atoms with Crippen molar-refractivity contribution in [3.63, 3.8) is 0 Å². The lowest BCUT2D eigenvalue weighted by atomic mass is 9.88. The molecule has 46 heavy (non-hydrogen) atoms. The average Bonchev–Trinajstić information content (AvgIpc) is 4.07. The number of hydrogen-bond acceptors (Lipinski definition) is 4. The number of epoxide rings is 2. The SMILES string of the molecule is C[Si](OC1CCC2(CC1)CO2)(c1ccccc1)c1ccccc1.C[Si](OC1CCC2(CC1)CO2)(c1ccccc1)c1ccccc1. The van der Waals surface area contributed by atoms with E-state index < -0.39 is 16.6 Å². The first-order valence-electron chi connectivity index (χ1n) is 17.3. The highest BCUT2D eigenvalue weighted by Gasteiger charge is 2.49. The second-order valence-corrected chi connectivity index (χ2v) is 21.0. The molecular formula is C40H48O4Si2. The molecule has 2 saturated heterocycles. The number of rotatable bonds is 8. The van der Waals surface area contributed by atoms with E-state index >= 15 is 0 Å². The molecule has 0 bridgehead atoms. The first-order valence-corrected chi connectivity index (χ1v) is 22.1. The van der Waals surface area contributed by atoms with E-state index in [1.54, 1.807) is 0 Å². The van der Waals surface area contributed by atoms with Crippen LogP contribution in [-0.2, 0) is 18.3 Å². The number of benzene rings is 4. The largest absolute Gasteiger partial charge is 0.405 e. The summed E-state index contributed by atoms with van der Waals surface area (Å²) in [4.78, 5) is 0. The molecule has 4 nitrogen and oxygen atoms in total. The molecule has 2 aliphatic heterocycles. The van der Waals surface area contributed by atoms with Crippen LogP contribution in [0.4, 0.5) is 0 Å². The van der Waals surface area contributed by atoms with Gasteiger partial charge in [0.1, 0.15) is 0 Å². The van der Waals surface area contributed by atoms with E-state index in [4.69, 9.17) is 18.3 Å². The lowest BCUT2D eigenvalue weighted by Gasteiger charge is -2.36. The van der Waals surface area contributed by atoms with Gasteiger partial charge in [0.2, 0.25) is 0 Å². The molecular weight excluding hydrogens is 601 g/mol. The zero-order chi connectivity index (χ0) is 31.5. The first kappa shape index (κ1) is 31.7. The monoisotopic (exact) mass is 648 g/mol. The standard InChI is InChI=1S/2C20H24O2Si/c2*1-23(18-8-4-2-5-9-18,19-10-6-3-7-11-19)22-17-12-14-20(15-13-17)16-21-20/h2*2-11,17H,12-16H2,1H3. The van der Waals surface area contributed by atoms with Gasteiger partial charge in [0.05, 0.1) is 24.4 Å². The average molecular weight is 649 g/mol. The van der Waals surface area contributed by atoms with E-state index in [0.717, 1.165) is 64.6 Å². The molecule has 0 radical (unpaired) electrons. The lowest BCUT2D eigenvalue weighted by Crippen LogP contribution is -2.60. The van der Waals surface area contributed by atoms with Gasteiger partial charge in [-0.15, -0.1) is 0 Å². The fraction of sp³-hybridized carbons (Fsp3) is 0.400. The molecule has 2 heterocycles. The van der Waals surface area contributed by atoms with Crippen LogP contribution in [0.3, 0.4) is 0 Å². The van der Waals surface area contributed by atoms with Crippen LogP contribution in [0.1, 0.15) is 51.4 Å². The zero-order valence-electron chi connectivity index (χ0n) is 27.4. The molecule has 4 fully saturated rings. The molecule has 0 N–H and O–H groups in total. The van der Waals surface area contributed by atoms with Crippen LogP contribution >= 0.6 is 0 Å². The van der Waals surface area contributed by atoms with E-state index in [1.165, 1.54) is 20.7 Å². The van der Waals surface area contributed by atoms with E-state index in [0.29, 0.717) is 12.2 Å². The summed E-state index contributed by atoms with van der Waals surface area (Å²) in [5.41, 5.74) is 0.467. The summed E-state index contributed by atoms with van der Waals surface area (Å²) >= 11 is 0. The number of ether oxygens (including phenoxy) is 2. The van der Waals surface area contributed by atoms with Crippen LogP contribution in [0, 0.1) is 0 Å². The minimum Gasteiger partial charge on any atom is -0.405 e. The van der Waals surface area contributed by atoms with Gasteiger partial charge in [-0.05, 0) is 85.2 Å². The Morgan fingerprint density at radius 2 is 0.696 bits per heavy atom. The van der Waals surface area contributed by atoms with Gasteiger partial charge in [0, 0.05) is 12.2 Å². The van der Waals surface area contributed by atoms with E-state index in [1.807, 2.05) is 0 Å². The second-order valence-electron chi connectivity index (χ2n) is 14.1. The fourth-order valence-corrected chi connectivity index (χ4v) is 13.9. The summed E-state index contributed by atoms with van der Waals surface area (Å²) in [6, 6.07) is 43.2. The van der Waals surface area contributed by atoms with Crippen molar-refractivity contribution in [3.05, 3.63) is 121 Å². The molecule has 4 aliphatic rings. The lowest BCUT2D eigenvalue weighted by molar-refractivity contribution is 0.109. The maximum Gasteiger partial charge on any atom is 0.253 e. The summed E-state index contributed by atoms with van der Waals surface area (Å²) in [6.07, 6.45) is 9.87. The molecule has 2 aliphatic carbocycles. The fourth-order valence-electron chi connectivity index (χ4n) is 7.55. The zero-order valence-corrected chi connectivity index (χ0v) is 29.4. The van der Waals surface area contributed by atoms with Gasteiger partial charge in [-0.3, -0.25) is 0 Å². The summed E-state index contributed by atoms with van der Waals surface area (Å²) < 4.78 is 25.0. The van der Waals surface area contributed by atoms with Crippen molar-refractivity contribution in [2.24, 2.45) is 0 Å². The smallest absolute Gasteiger partial charge is 0.253 e. The predicted octanol–water partition coefficient (Wildman–Crippen LogP) is 6.21. The Balaban J connectivity index is 0.000000147. The van der Waals surface area contributed by atoms with Crippen LogP contribution < -0.4 is 20.7 Å². The summed E-state index contributed by atoms with van der Waals surface area (Å²) in [5, 5.41) is 5.42. The van der Waals surface area contributed by atoms with Crippen molar-refractivity contribution in [1.29, 1.82) is 0 Å². The molecule has 4 aromatic carbocycles. The molecule has 8 rings (SSSR count). The van der Waals surface area contributed by atoms with Crippen LogP contribution in [-0.4, -0.2) is 53.3 Å². The minimum absolute atomic E-state index is 0.233. The first-order chi connectivity index (χ1) is 22.4. The predicted molar refractivity (Wildman–Crippen MR) is 192 cm³/mol. The molecule has 6 heteroatoms. The van der Waals surface area contributed by atoms with E-state index in [2.05, 4.69) is 134 Å². The molecule has 0 aromatic heterocycles. The highest BCUT2D eigenvalue weighted by atomic mass is 28.4. The van der Waals surface area contributed by atoms with Crippen molar-refractivity contribution in [3.8, 4) is 0 Å². The third-order valence-corrected chi connectivity index (χ3v) is 18.2. The van der Waals surface area contributed by atoms with Gasteiger partial charge in [-0.25, -0.2) is 0 Å². The van der Waals surface area contributed by atoms with Crippen molar-refractivity contribution in [2.45, 2.75) is 87.9 Å². The Morgan fingerprint density at radius 1 is 0.457 bits per heavy atom. The summed E-state index contributed by atoms with van der Waals surface area (Å²) in [6.45, 7) is 6.61. The molecule has 0 amide bonds. The molecule has 0 atom stereocenters. The highest BCUT2D eigenvalue weighted by molar-refractivity contribution is 6.97. The molecule has 240 valence electrons. The molecule has 4 aromatic rings. The second kappa shape index (κ2) is 13.3. The van der Waals surface area contributed by atoms with Gasteiger partial charge in [0.25, 0.3) is 16.6 Å². The maximum absolute atomic E-state index is 6.86. The molecule has 2 saturated carbocycles. The summed E-state index contributed by atoms with van der Waals surface area (Å²) in [5.74, 6) is 0. The van der Waals surface area contributed by atoms with Crippen molar-refractivity contribution in [1.82, 2.24) is 0 Å². The highest BCUT2D eigenvalue weighted by Crippen LogP contribution is 2.43. The van der Waals surface area contributed by atoms with Crippen LogP contribution in [0.2, 0.25) is 13.1 Å². The van der Waals surface area contributed by atoms with Crippen LogP contribution in [0.5, 0.6) is 0 Å². The quantitative estimate of drug-likeness (QED) is 0.168. The Kier molecular flexibility index (Phi) is 9.20. The van der Waals surface area contributed by atoms with Gasteiger partial charge < -0.3 is 18.3 Å². The van der Waals surface area contributed by atoms with Gasteiger partial charge in [0.15, 0.2) is 0 Å². The Hall–Kier alpha value is -2.85. The van der Waals surface area contributed by atoms with Crippen molar-refractivity contribution < 1.29 is 18.3 Å². The third kappa shape index (κ3) is 7.03. The topological polar surface area (TPSA) is 43.5 Å². The Labute approximate surface area is 277 Å². The third-order valence-electron chi connectivity index (χ3n) is 10.9. The van der Waals surface area contributed by atoms with E-state index in [-0.39, 0.29) is 11.2 Å². The Bertz CT molecular complexity index is 1320. The van der Waals surface area contributed by atoms with Crippen molar-refractivity contribution in [2.75, 3.05) is 13.2 Å².